The van der Waals surface area contributed by atoms with Crippen molar-refractivity contribution in [2.45, 2.75) is 57.3 Å². The summed E-state index contributed by atoms with van der Waals surface area (Å²) in [6.07, 6.45) is 0.964. The highest BCUT2D eigenvalue weighted by molar-refractivity contribution is 5.99. The summed E-state index contributed by atoms with van der Waals surface area (Å²) >= 11 is 0. The number of epoxide rings is 1. The average molecular weight is 501 g/mol. The van der Waals surface area contributed by atoms with Crippen molar-refractivity contribution in [2.75, 3.05) is 20.3 Å². The molecule has 0 bridgehead atoms. The highest BCUT2D eigenvalue weighted by Crippen LogP contribution is 2.29. The summed E-state index contributed by atoms with van der Waals surface area (Å²) in [7, 11) is 1.38. The molecular formula is C25H32N4O7. The van der Waals surface area contributed by atoms with Gasteiger partial charge in [0, 0.05) is 13.2 Å². The molecule has 1 saturated heterocycles. The van der Waals surface area contributed by atoms with E-state index < -0.39 is 41.4 Å². The van der Waals surface area contributed by atoms with E-state index in [1.165, 1.54) is 20.1 Å². The maximum absolute atomic E-state index is 13.0. The Morgan fingerprint density at radius 3 is 2.36 bits per heavy atom. The van der Waals surface area contributed by atoms with Crippen LogP contribution < -0.4 is 16.0 Å². The van der Waals surface area contributed by atoms with Crippen LogP contribution in [0.3, 0.4) is 0 Å². The third-order valence-corrected chi connectivity index (χ3v) is 5.86. The second kappa shape index (κ2) is 11.9. The van der Waals surface area contributed by atoms with Gasteiger partial charge in [0.1, 0.15) is 23.4 Å². The van der Waals surface area contributed by atoms with Crippen molar-refractivity contribution in [3.8, 4) is 0 Å². The number of benzene rings is 1. The predicted molar refractivity (Wildman–Crippen MR) is 128 cm³/mol. The van der Waals surface area contributed by atoms with E-state index in [0.29, 0.717) is 25.2 Å². The van der Waals surface area contributed by atoms with Crippen LogP contribution in [0, 0.1) is 6.92 Å². The second-order valence-corrected chi connectivity index (χ2v) is 9.00. The minimum absolute atomic E-state index is 0.0164. The molecule has 2 aromatic rings. The maximum atomic E-state index is 13.0. The van der Waals surface area contributed by atoms with Crippen LogP contribution in [0.4, 0.5) is 0 Å². The standard InChI is InChI=1S/C25H32N4O7/c1-15-12-19(29-36-15)23(32)28-20(13-34-4)24(33)26-16(2)22(31)27-18(21(30)25(3)14-35-25)11-10-17-8-6-5-7-9-17/h5-9,12,16,18,20H,10-11,13-14H2,1-4H3,(H,26,33)(H,27,31)(H,28,32)/t16-,18-,20-,25+/m0/s1. The predicted octanol–water partition coefficient (Wildman–Crippen LogP) is 0.708. The summed E-state index contributed by atoms with van der Waals surface area (Å²) in [5.41, 5.74) is 0.144. The van der Waals surface area contributed by atoms with Gasteiger partial charge in [0.25, 0.3) is 5.91 Å². The number of hydrogen-bond acceptors (Lipinski definition) is 8. The number of amides is 3. The van der Waals surface area contributed by atoms with Crippen molar-refractivity contribution in [2.24, 2.45) is 0 Å². The van der Waals surface area contributed by atoms with Crippen molar-refractivity contribution in [1.29, 1.82) is 0 Å². The zero-order valence-corrected chi connectivity index (χ0v) is 20.8. The van der Waals surface area contributed by atoms with Crippen LogP contribution >= 0.6 is 0 Å². The molecule has 36 heavy (non-hydrogen) atoms. The lowest BCUT2D eigenvalue weighted by Gasteiger charge is -2.24. The van der Waals surface area contributed by atoms with Gasteiger partial charge >= 0.3 is 0 Å². The Balaban J connectivity index is 1.60. The first-order valence-electron chi connectivity index (χ1n) is 11.7. The Kier molecular flexibility index (Phi) is 8.94. The molecule has 1 fully saturated rings. The highest BCUT2D eigenvalue weighted by Gasteiger charge is 2.50. The Hall–Kier alpha value is -3.57. The normalized spacial score (nSPS) is 19.0. The molecule has 3 rings (SSSR count). The Morgan fingerprint density at radius 1 is 1.08 bits per heavy atom. The molecule has 0 saturated carbocycles. The number of nitrogens with one attached hydrogen (secondary N) is 3. The van der Waals surface area contributed by atoms with E-state index in [4.69, 9.17) is 14.0 Å². The Labute approximate surface area is 209 Å². The number of hydrogen-bond donors (Lipinski definition) is 3. The molecule has 3 amide bonds. The van der Waals surface area contributed by atoms with Crippen molar-refractivity contribution >= 4 is 23.5 Å². The van der Waals surface area contributed by atoms with E-state index in [1.54, 1.807) is 13.8 Å². The van der Waals surface area contributed by atoms with Crippen LogP contribution in [0.25, 0.3) is 0 Å². The number of ketones is 1. The number of nitrogens with zero attached hydrogens (tertiary/aromatic N) is 1. The fourth-order valence-corrected chi connectivity index (χ4v) is 3.57. The molecule has 0 spiro atoms. The summed E-state index contributed by atoms with van der Waals surface area (Å²) in [6, 6.07) is 8.21. The quantitative estimate of drug-likeness (QED) is 0.340. The van der Waals surface area contributed by atoms with E-state index in [-0.39, 0.29) is 18.1 Å². The van der Waals surface area contributed by atoms with Crippen LogP contribution in [-0.2, 0) is 30.3 Å². The zero-order valence-electron chi connectivity index (χ0n) is 20.8. The summed E-state index contributed by atoms with van der Waals surface area (Å²) in [4.78, 5) is 51.1. The second-order valence-electron chi connectivity index (χ2n) is 9.00. The van der Waals surface area contributed by atoms with Gasteiger partial charge in [-0.25, -0.2) is 0 Å². The number of carbonyl (C=O) groups is 4. The first kappa shape index (κ1) is 27.0. The smallest absolute Gasteiger partial charge is 0.274 e. The molecule has 0 aliphatic carbocycles. The zero-order chi connectivity index (χ0) is 26.3. The first-order valence-corrected chi connectivity index (χ1v) is 11.7. The van der Waals surface area contributed by atoms with Crippen LogP contribution in [0.5, 0.6) is 0 Å². The summed E-state index contributed by atoms with van der Waals surface area (Å²) < 4.78 is 15.2. The number of aryl methyl sites for hydroxylation is 2. The SMILES string of the molecule is COC[C@H](NC(=O)c1cc(C)on1)C(=O)N[C@@H](C)C(=O)N[C@@H](CCc1ccccc1)C(=O)[C@@]1(C)CO1. The Bertz CT molecular complexity index is 1080. The topological polar surface area (TPSA) is 152 Å². The van der Waals surface area contributed by atoms with Crippen LogP contribution in [-0.4, -0.2) is 72.7 Å². The number of aromatic nitrogens is 1. The molecule has 1 aliphatic rings. The van der Waals surface area contributed by atoms with Crippen LogP contribution in [0.2, 0.25) is 0 Å². The van der Waals surface area contributed by atoms with Gasteiger partial charge in [-0.05, 0) is 39.2 Å². The maximum Gasteiger partial charge on any atom is 0.274 e. The van der Waals surface area contributed by atoms with E-state index in [1.807, 2.05) is 30.3 Å². The van der Waals surface area contributed by atoms with Gasteiger partial charge in [-0.15, -0.1) is 0 Å². The molecular weight excluding hydrogens is 468 g/mol. The lowest BCUT2D eigenvalue weighted by Crippen LogP contribution is -2.56. The molecule has 3 N–H and O–H groups in total. The molecule has 1 aromatic heterocycles. The van der Waals surface area contributed by atoms with Crippen molar-refractivity contribution in [1.82, 2.24) is 21.1 Å². The van der Waals surface area contributed by atoms with Crippen molar-refractivity contribution < 1.29 is 33.2 Å². The summed E-state index contributed by atoms with van der Waals surface area (Å²) in [5.74, 6) is -1.55. The summed E-state index contributed by atoms with van der Waals surface area (Å²) in [6.45, 7) is 5.00. The molecule has 194 valence electrons. The largest absolute Gasteiger partial charge is 0.382 e. The van der Waals surface area contributed by atoms with Gasteiger partial charge in [-0.3, -0.25) is 19.2 Å². The minimum Gasteiger partial charge on any atom is -0.382 e. The van der Waals surface area contributed by atoms with Crippen molar-refractivity contribution in [3.05, 3.63) is 53.4 Å². The van der Waals surface area contributed by atoms with Gasteiger partial charge in [-0.2, -0.15) is 0 Å². The van der Waals surface area contributed by atoms with Gasteiger partial charge in [-0.1, -0.05) is 35.5 Å². The number of rotatable bonds is 13. The van der Waals surface area contributed by atoms with Gasteiger partial charge in [0.2, 0.25) is 11.8 Å². The van der Waals surface area contributed by atoms with E-state index in [2.05, 4.69) is 21.1 Å². The highest BCUT2D eigenvalue weighted by atomic mass is 16.6. The summed E-state index contributed by atoms with van der Waals surface area (Å²) in [5, 5.41) is 11.5. The van der Waals surface area contributed by atoms with E-state index in [9.17, 15) is 19.2 Å². The van der Waals surface area contributed by atoms with Crippen LogP contribution in [0.1, 0.15) is 42.1 Å². The minimum atomic E-state index is -1.08. The lowest BCUT2D eigenvalue weighted by molar-refractivity contribution is -0.133. The van der Waals surface area contributed by atoms with E-state index >= 15 is 0 Å². The van der Waals surface area contributed by atoms with Gasteiger partial charge in [0.05, 0.1) is 19.3 Å². The third kappa shape index (κ3) is 7.22. The average Bonchev–Trinajstić information content (AvgIpc) is 3.46. The van der Waals surface area contributed by atoms with Gasteiger partial charge in [0.15, 0.2) is 11.5 Å². The third-order valence-electron chi connectivity index (χ3n) is 5.86. The number of carbonyl (C=O) groups excluding carboxylic acids is 4. The lowest BCUT2D eigenvalue weighted by atomic mass is 9.95. The molecule has 0 radical (unpaired) electrons. The number of Topliss-reactive ketones (excluding diaryl/α,β-unsaturated/α-hetero) is 1. The van der Waals surface area contributed by atoms with Gasteiger partial charge < -0.3 is 29.9 Å². The molecule has 0 unspecified atom stereocenters. The molecule has 11 heteroatoms. The van der Waals surface area contributed by atoms with Crippen molar-refractivity contribution in [3.63, 3.8) is 0 Å². The van der Waals surface area contributed by atoms with E-state index in [0.717, 1.165) is 5.56 Å². The molecule has 1 aromatic carbocycles. The molecule has 1 aliphatic heterocycles. The monoisotopic (exact) mass is 500 g/mol. The fourth-order valence-electron chi connectivity index (χ4n) is 3.57. The number of ether oxygens (including phenoxy) is 2. The fraction of sp³-hybridized carbons (Fsp3) is 0.480. The molecule has 11 nitrogen and oxygen atoms in total. The van der Waals surface area contributed by atoms with Crippen LogP contribution in [0.15, 0.2) is 40.9 Å². The first-order chi connectivity index (χ1) is 17.1. The Morgan fingerprint density at radius 2 is 1.78 bits per heavy atom. The molecule has 4 atom stereocenters. The number of methoxy groups -OCH3 is 1. The molecule has 2 heterocycles.